The van der Waals surface area contributed by atoms with Gasteiger partial charge in [-0.25, -0.2) is 0 Å². The fourth-order valence-electron chi connectivity index (χ4n) is 2.10. The number of amides is 1. The van der Waals surface area contributed by atoms with E-state index in [-0.39, 0.29) is 12.1 Å². The molecule has 1 unspecified atom stereocenters. The Morgan fingerprint density at radius 1 is 1.11 bits per heavy atom. The zero-order valence-corrected chi connectivity index (χ0v) is 12.7. The molecule has 1 amide bonds. The molecule has 5 heteroatoms. The smallest absolute Gasteiger partial charge is 0.255 e. The summed E-state index contributed by atoms with van der Waals surface area (Å²) in [6.07, 6.45) is -0.297. The van der Waals surface area contributed by atoms with E-state index < -0.39 is 0 Å². The summed E-state index contributed by atoms with van der Waals surface area (Å²) in [4.78, 5) is 12.1. The first kappa shape index (κ1) is 12.7. The van der Waals surface area contributed by atoms with Crippen molar-refractivity contribution in [2.45, 2.75) is 6.17 Å². The number of anilines is 1. The molecule has 1 aliphatic heterocycles. The van der Waals surface area contributed by atoms with Crippen LogP contribution in [0.5, 0.6) is 0 Å². The molecule has 1 heterocycles. The molecular weight excluding hydrogens is 375 g/mol. The Morgan fingerprint density at radius 3 is 2.68 bits per heavy atom. The summed E-state index contributed by atoms with van der Waals surface area (Å²) < 4.78 is 1.03. The zero-order chi connectivity index (χ0) is 13.4. The number of carbonyl (C=O) groups is 1. The second-order valence-electron chi connectivity index (χ2n) is 4.26. The van der Waals surface area contributed by atoms with Crippen molar-refractivity contribution in [3.63, 3.8) is 0 Å². The molecule has 1 aliphatic rings. The van der Waals surface area contributed by atoms with Gasteiger partial charge in [-0.3, -0.25) is 4.79 Å². The molecule has 0 bridgehead atoms. The van der Waals surface area contributed by atoms with E-state index in [0.717, 1.165) is 14.8 Å². The van der Waals surface area contributed by atoms with Crippen molar-refractivity contribution < 1.29 is 4.79 Å². The molecular formula is C14H10ClIN2O. The molecule has 2 aromatic carbocycles. The molecule has 0 aliphatic carbocycles. The fraction of sp³-hybridized carbons (Fsp3) is 0.0714. The summed E-state index contributed by atoms with van der Waals surface area (Å²) in [5.41, 5.74) is 2.35. The summed E-state index contributed by atoms with van der Waals surface area (Å²) in [5, 5.41) is 6.84. The fourth-order valence-corrected chi connectivity index (χ4v) is 2.83. The molecule has 0 saturated carbocycles. The van der Waals surface area contributed by atoms with Crippen LogP contribution in [0.25, 0.3) is 0 Å². The van der Waals surface area contributed by atoms with Crippen LogP contribution >= 0.6 is 34.2 Å². The van der Waals surface area contributed by atoms with Crippen molar-refractivity contribution in [3.8, 4) is 0 Å². The number of nitrogens with one attached hydrogen (secondary N) is 2. The van der Waals surface area contributed by atoms with Crippen LogP contribution in [0, 0.1) is 3.57 Å². The van der Waals surface area contributed by atoms with E-state index in [1.165, 1.54) is 0 Å². The van der Waals surface area contributed by atoms with Crippen molar-refractivity contribution in [3.05, 3.63) is 62.2 Å². The molecule has 19 heavy (non-hydrogen) atoms. The Labute approximate surface area is 129 Å². The van der Waals surface area contributed by atoms with E-state index in [1.807, 2.05) is 42.5 Å². The first-order valence-corrected chi connectivity index (χ1v) is 7.22. The molecule has 0 fully saturated rings. The molecule has 1 atom stereocenters. The van der Waals surface area contributed by atoms with Gasteiger partial charge in [0.2, 0.25) is 0 Å². The van der Waals surface area contributed by atoms with Gasteiger partial charge in [-0.05, 0) is 46.9 Å². The molecule has 3 nitrogen and oxygen atoms in total. The van der Waals surface area contributed by atoms with E-state index in [4.69, 9.17) is 11.6 Å². The van der Waals surface area contributed by atoms with E-state index in [9.17, 15) is 4.79 Å². The third-order valence-corrected chi connectivity index (χ3v) is 4.03. The minimum absolute atomic E-state index is 0.0859. The Hall–Kier alpha value is -1.27. The number of hydrogen-bond acceptors (Lipinski definition) is 2. The third-order valence-electron chi connectivity index (χ3n) is 3.02. The van der Waals surface area contributed by atoms with Gasteiger partial charge < -0.3 is 10.6 Å². The lowest BCUT2D eigenvalue weighted by Gasteiger charge is -2.28. The summed E-state index contributed by atoms with van der Waals surface area (Å²) in [6, 6.07) is 13.2. The highest BCUT2D eigenvalue weighted by Gasteiger charge is 2.25. The predicted molar refractivity (Wildman–Crippen MR) is 84.4 cm³/mol. The maximum atomic E-state index is 12.1. The van der Waals surface area contributed by atoms with Crippen LogP contribution in [0.15, 0.2) is 42.5 Å². The summed E-state index contributed by atoms with van der Waals surface area (Å²) in [5.74, 6) is -0.0859. The molecule has 0 spiro atoms. The normalized spacial score (nSPS) is 17.4. The van der Waals surface area contributed by atoms with Crippen LogP contribution in [-0.2, 0) is 0 Å². The second-order valence-corrected chi connectivity index (χ2v) is 5.92. The molecule has 0 aromatic heterocycles. The number of halogens is 2. The van der Waals surface area contributed by atoms with Crippen LogP contribution in [0.2, 0.25) is 5.02 Å². The van der Waals surface area contributed by atoms with Gasteiger partial charge in [-0.1, -0.05) is 29.8 Å². The Bertz CT molecular complexity index is 660. The monoisotopic (exact) mass is 384 g/mol. The molecule has 2 N–H and O–H groups in total. The van der Waals surface area contributed by atoms with Gasteiger partial charge >= 0.3 is 0 Å². The Morgan fingerprint density at radius 2 is 1.89 bits per heavy atom. The topological polar surface area (TPSA) is 41.1 Å². The van der Waals surface area contributed by atoms with Crippen molar-refractivity contribution in [1.29, 1.82) is 0 Å². The maximum Gasteiger partial charge on any atom is 0.255 e. The largest absolute Gasteiger partial charge is 0.361 e. The average Bonchev–Trinajstić information content (AvgIpc) is 2.40. The number of carbonyl (C=O) groups excluding carboxylic acids is 1. The van der Waals surface area contributed by atoms with Crippen molar-refractivity contribution >= 4 is 45.8 Å². The van der Waals surface area contributed by atoms with Crippen LogP contribution in [0.4, 0.5) is 5.69 Å². The maximum absolute atomic E-state index is 12.1. The average molecular weight is 385 g/mol. The van der Waals surface area contributed by atoms with E-state index in [2.05, 4.69) is 33.2 Å². The van der Waals surface area contributed by atoms with Gasteiger partial charge in [0.1, 0.15) is 6.17 Å². The van der Waals surface area contributed by atoms with E-state index in [0.29, 0.717) is 10.6 Å². The van der Waals surface area contributed by atoms with Gasteiger partial charge in [0.25, 0.3) is 5.91 Å². The predicted octanol–water partition coefficient (Wildman–Crippen LogP) is 3.80. The van der Waals surface area contributed by atoms with Crippen molar-refractivity contribution in [2.24, 2.45) is 0 Å². The quantitative estimate of drug-likeness (QED) is 0.734. The van der Waals surface area contributed by atoms with Gasteiger partial charge in [-0.15, -0.1) is 0 Å². The van der Waals surface area contributed by atoms with Crippen LogP contribution in [0.1, 0.15) is 22.1 Å². The van der Waals surface area contributed by atoms with E-state index in [1.54, 1.807) is 0 Å². The van der Waals surface area contributed by atoms with Gasteiger partial charge in [0.15, 0.2) is 0 Å². The van der Waals surface area contributed by atoms with Gasteiger partial charge in [0.05, 0.1) is 5.56 Å². The van der Waals surface area contributed by atoms with E-state index >= 15 is 0 Å². The Balaban J connectivity index is 2.00. The highest BCUT2D eigenvalue weighted by atomic mass is 127. The summed E-state index contributed by atoms with van der Waals surface area (Å²) >= 11 is 8.35. The molecule has 0 saturated heterocycles. The van der Waals surface area contributed by atoms with Crippen LogP contribution < -0.4 is 10.6 Å². The minimum atomic E-state index is -0.297. The number of fused-ring (bicyclic) bond motifs is 1. The first-order valence-electron chi connectivity index (χ1n) is 5.76. The first-order chi connectivity index (χ1) is 9.15. The molecule has 96 valence electrons. The second kappa shape index (κ2) is 5.02. The van der Waals surface area contributed by atoms with Crippen molar-refractivity contribution in [2.75, 3.05) is 5.32 Å². The lowest BCUT2D eigenvalue weighted by molar-refractivity contribution is 0.0935. The van der Waals surface area contributed by atoms with Gasteiger partial charge in [-0.2, -0.15) is 0 Å². The molecule has 3 rings (SSSR count). The lowest BCUT2D eigenvalue weighted by atomic mass is 10.1. The van der Waals surface area contributed by atoms with Crippen molar-refractivity contribution in [1.82, 2.24) is 5.32 Å². The lowest BCUT2D eigenvalue weighted by Crippen LogP contribution is -2.38. The summed E-state index contributed by atoms with van der Waals surface area (Å²) in [7, 11) is 0. The zero-order valence-electron chi connectivity index (χ0n) is 9.78. The highest BCUT2D eigenvalue weighted by molar-refractivity contribution is 14.1. The highest BCUT2D eigenvalue weighted by Crippen LogP contribution is 2.30. The molecule has 0 radical (unpaired) electrons. The molecule has 2 aromatic rings. The number of benzene rings is 2. The Kier molecular flexibility index (Phi) is 3.36. The minimum Gasteiger partial charge on any atom is -0.361 e. The standard InChI is InChI=1S/C14H10ClIN2O/c15-11-4-2-1-3-9(11)13-17-12-6-5-8(16)7-10(12)14(19)18-13/h1-7,13,17H,(H,18,19). The van der Waals surface area contributed by atoms with Crippen LogP contribution in [0.3, 0.4) is 0 Å². The third kappa shape index (κ3) is 2.42. The number of rotatable bonds is 1. The van der Waals surface area contributed by atoms with Gasteiger partial charge in [0, 0.05) is 19.8 Å². The number of hydrogen-bond donors (Lipinski definition) is 2. The summed E-state index contributed by atoms with van der Waals surface area (Å²) in [6.45, 7) is 0. The van der Waals surface area contributed by atoms with Crippen LogP contribution in [-0.4, -0.2) is 5.91 Å². The SMILES string of the molecule is O=C1NC(c2ccccc2Cl)Nc2ccc(I)cc21.